The third kappa shape index (κ3) is 3.32. The van der Waals surface area contributed by atoms with E-state index >= 15 is 0 Å². The summed E-state index contributed by atoms with van der Waals surface area (Å²) >= 11 is 0. The largest absolute Gasteiger partial charge is 0.307 e. The number of aromatic nitrogens is 2. The van der Waals surface area contributed by atoms with Crippen molar-refractivity contribution in [3.05, 3.63) is 131 Å². The summed E-state index contributed by atoms with van der Waals surface area (Å²) in [6, 6.07) is 26.8. The minimum atomic E-state index is 0.279. The van der Waals surface area contributed by atoms with E-state index < -0.39 is 0 Å². The molecule has 0 spiro atoms. The van der Waals surface area contributed by atoms with Crippen LogP contribution in [-0.4, -0.2) is 22.1 Å². The van der Waals surface area contributed by atoms with Crippen LogP contribution in [0.2, 0.25) is 0 Å². The second-order valence-electron chi connectivity index (χ2n) is 8.75. The van der Waals surface area contributed by atoms with Crippen LogP contribution in [0.1, 0.15) is 45.2 Å². The summed E-state index contributed by atoms with van der Waals surface area (Å²) < 4.78 is 0. The lowest BCUT2D eigenvalue weighted by Gasteiger charge is -2.51. The molecule has 7 rings (SSSR count). The van der Waals surface area contributed by atoms with Crippen LogP contribution >= 0.6 is 0 Å². The van der Waals surface area contributed by atoms with Gasteiger partial charge in [0.15, 0.2) is 0 Å². The van der Waals surface area contributed by atoms with Gasteiger partial charge in [-0.15, -0.1) is 0 Å². The Hall–Kier alpha value is -3.34. The summed E-state index contributed by atoms with van der Waals surface area (Å²) in [4.78, 5) is 8.60. The van der Waals surface area contributed by atoms with Crippen molar-refractivity contribution in [2.75, 3.05) is 0 Å². The molecule has 158 valence electrons. The minimum absolute atomic E-state index is 0.279. The molecule has 2 bridgehead atoms. The molecule has 0 saturated carbocycles. The van der Waals surface area contributed by atoms with Crippen molar-refractivity contribution in [1.82, 2.24) is 20.6 Å². The van der Waals surface area contributed by atoms with E-state index in [1.807, 2.05) is 36.9 Å². The first-order valence-electron chi connectivity index (χ1n) is 11.3. The van der Waals surface area contributed by atoms with E-state index in [0.29, 0.717) is 11.8 Å². The molecule has 4 heteroatoms. The highest BCUT2D eigenvalue weighted by Crippen LogP contribution is 2.52. The summed E-state index contributed by atoms with van der Waals surface area (Å²) in [7, 11) is 0. The van der Waals surface area contributed by atoms with Crippen LogP contribution in [0.5, 0.6) is 0 Å². The van der Waals surface area contributed by atoms with Crippen molar-refractivity contribution >= 4 is 0 Å². The average molecular weight is 419 g/mol. The van der Waals surface area contributed by atoms with E-state index in [1.54, 1.807) is 0 Å². The topological polar surface area (TPSA) is 49.8 Å². The molecule has 4 aromatic rings. The lowest BCUT2D eigenvalue weighted by atomic mass is 9.59. The van der Waals surface area contributed by atoms with E-state index in [9.17, 15) is 0 Å². The number of nitrogens with zero attached hydrogens (tertiary/aromatic N) is 2. The maximum atomic E-state index is 4.30. The molecule has 0 saturated heterocycles. The van der Waals surface area contributed by atoms with Gasteiger partial charge < -0.3 is 10.6 Å². The molecule has 0 unspecified atom stereocenters. The minimum Gasteiger partial charge on any atom is -0.307 e. The normalized spacial score (nSPS) is 22.9. The molecule has 2 heterocycles. The van der Waals surface area contributed by atoms with Crippen LogP contribution in [0.3, 0.4) is 0 Å². The van der Waals surface area contributed by atoms with Crippen LogP contribution in [-0.2, 0) is 13.1 Å². The molecule has 3 aliphatic rings. The molecule has 2 aromatic carbocycles. The molecule has 0 fully saturated rings. The zero-order valence-electron chi connectivity index (χ0n) is 17.9. The van der Waals surface area contributed by atoms with Crippen molar-refractivity contribution in [2.45, 2.75) is 37.0 Å². The summed E-state index contributed by atoms with van der Waals surface area (Å²) in [6.07, 6.45) is 7.57. The Morgan fingerprint density at radius 1 is 0.531 bits per heavy atom. The predicted octanol–water partition coefficient (Wildman–Crippen LogP) is 4.38. The first-order valence-corrected chi connectivity index (χ1v) is 11.3. The summed E-state index contributed by atoms with van der Waals surface area (Å²) in [5, 5.41) is 7.84. The molecule has 0 aliphatic heterocycles. The number of hydrogen-bond donors (Lipinski definition) is 2. The fourth-order valence-corrected chi connectivity index (χ4v) is 5.64. The first kappa shape index (κ1) is 19.4. The van der Waals surface area contributed by atoms with Crippen molar-refractivity contribution < 1.29 is 0 Å². The highest BCUT2D eigenvalue weighted by atomic mass is 15.0. The van der Waals surface area contributed by atoms with Crippen molar-refractivity contribution in [1.29, 1.82) is 0 Å². The average Bonchev–Trinajstić information content (AvgIpc) is 2.87. The summed E-state index contributed by atoms with van der Waals surface area (Å²) in [5.41, 5.74) is 8.25. The van der Waals surface area contributed by atoms with Gasteiger partial charge in [0.05, 0.1) is 0 Å². The van der Waals surface area contributed by atoms with Gasteiger partial charge in [-0.2, -0.15) is 0 Å². The highest BCUT2D eigenvalue weighted by Gasteiger charge is 2.49. The predicted molar refractivity (Wildman–Crippen MR) is 126 cm³/mol. The highest BCUT2D eigenvalue weighted by molar-refractivity contribution is 5.58. The lowest BCUT2D eigenvalue weighted by molar-refractivity contribution is 0.276. The summed E-state index contributed by atoms with van der Waals surface area (Å²) in [5.74, 6) is 0.630. The van der Waals surface area contributed by atoms with Gasteiger partial charge in [-0.25, -0.2) is 0 Å². The molecule has 2 N–H and O–H groups in total. The SMILES string of the molecule is c1cncc(CN[C@@H]2C3c4ccccc4C(c4ccccc43)[C@H]2NCc2cccnc2)c1. The van der Waals surface area contributed by atoms with Gasteiger partial charge in [-0.1, -0.05) is 60.7 Å². The summed E-state index contributed by atoms with van der Waals surface area (Å²) in [6.45, 7) is 1.61. The molecule has 3 aliphatic carbocycles. The van der Waals surface area contributed by atoms with E-state index in [-0.39, 0.29) is 12.1 Å². The van der Waals surface area contributed by atoms with E-state index in [2.05, 4.69) is 81.3 Å². The number of hydrogen-bond acceptors (Lipinski definition) is 4. The van der Waals surface area contributed by atoms with Gasteiger partial charge in [-0.3, -0.25) is 9.97 Å². The maximum absolute atomic E-state index is 4.30. The Balaban J connectivity index is 1.40. The maximum Gasteiger partial charge on any atom is 0.0343 e. The Kier molecular flexibility index (Phi) is 5.02. The number of fused-ring (bicyclic) bond motifs is 1. The third-order valence-corrected chi connectivity index (χ3v) is 6.97. The number of nitrogens with one attached hydrogen (secondary N) is 2. The van der Waals surface area contributed by atoms with Crippen LogP contribution in [0.15, 0.2) is 97.6 Å². The molecule has 4 nitrogen and oxygen atoms in total. The zero-order chi connectivity index (χ0) is 21.3. The Labute approximate surface area is 188 Å². The monoisotopic (exact) mass is 418 g/mol. The van der Waals surface area contributed by atoms with E-state index in [4.69, 9.17) is 0 Å². The van der Waals surface area contributed by atoms with Gasteiger partial charge in [0.25, 0.3) is 0 Å². The first-order chi connectivity index (χ1) is 15.9. The second kappa shape index (κ2) is 8.30. The van der Waals surface area contributed by atoms with Crippen LogP contribution in [0.4, 0.5) is 0 Å². The Bertz CT molecular complexity index is 1070. The fraction of sp³-hybridized carbons (Fsp3) is 0.214. The fourth-order valence-electron chi connectivity index (χ4n) is 5.64. The third-order valence-electron chi connectivity index (χ3n) is 6.97. The van der Waals surface area contributed by atoms with Gasteiger partial charge in [0.2, 0.25) is 0 Å². The van der Waals surface area contributed by atoms with Crippen LogP contribution in [0.25, 0.3) is 0 Å². The van der Waals surface area contributed by atoms with Gasteiger partial charge >= 0.3 is 0 Å². The molecular formula is C28H26N4. The molecule has 0 amide bonds. The Morgan fingerprint density at radius 3 is 1.28 bits per heavy atom. The number of benzene rings is 2. The molecule has 2 aromatic heterocycles. The van der Waals surface area contributed by atoms with Gasteiger partial charge in [-0.05, 0) is 45.5 Å². The van der Waals surface area contributed by atoms with E-state index in [1.165, 1.54) is 33.4 Å². The second-order valence-corrected chi connectivity index (χ2v) is 8.75. The van der Waals surface area contributed by atoms with Crippen molar-refractivity contribution in [2.24, 2.45) is 0 Å². The van der Waals surface area contributed by atoms with E-state index in [0.717, 1.165) is 13.1 Å². The lowest BCUT2D eigenvalue weighted by Crippen LogP contribution is -2.59. The van der Waals surface area contributed by atoms with Crippen LogP contribution in [0, 0.1) is 0 Å². The number of pyridine rings is 2. The molecule has 32 heavy (non-hydrogen) atoms. The molecular weight excluding hydrogens is 392 g/mol. The van der Waals surface area contributed by atoms with Crippen molar-refractivity contribution in [3.63, 3.8) is 0 Å². The van der Waals surface area contributed by atoms with Gasteiger partial charge in [0.1, 0.15) is 0 Å². The Morgan fingerprint density at radius 2 is 0.938 bits per heavy atom. The zero-order valence-corrected chi connectivity index (χ0v) is 17.9. The molecule has 0 radical (unpaired) electrons. The molecule has 2 atom stereocenters. The van der Waals surface area contributed by atoms with Crippen LogP contribution < -0.4 is 10.6 Å². The quantitative estimate of drug-likeness (QED) is 0.488. The van der Waals surface area contributed by atoms with Gasteiger partial charge in [0, 0.05) is 61.8 Å². The van der Waals surface area contributed by atoms with Crippen molar-refractivity contribution in [3.8, 4) is 0 Å². The number of rotatable bonds is 6. The standard InChI is InChI=1S/C28H26N4/c1-2-10-22-21(9-1)25-23-11-3-4-12-24(23)26(22)28(32-18-20-8-6-14-30-16-20)27(25)31-17-19-7-5-13-29-15-19/h1-16,25-28,31-32H,17-18H2/t25?,26?,27-,28-/m1/s1. The smallest absolute Gasteiger partial charge is 0.0343 e.